The Balaban J connectivity index is 2.38. The van der Waals surface area contributed by atoms with E-state index in [1.807, 2.05) is 45.0 Å². The van der Waals surface area contributed by atoms with Crippen molar-refractivity contribution in [3.05, 3.63) is 59.2 Å². The predicted molar refractivity (Wildman–Crippen MR) is 103 cm³/mol. The zero-order chi connectivity index (χ0) is 18.8. The van der Waals surface area contributed by atoms with E-state index in [-0.39, 0.29) is 5.91 Å². The van der Waals surface area contributed by atoms with Crippen LogP contribution in [0.3, 0.4) is 0 Å². The number of anilines is 2. The molecule has 1 atom stereocenters. The molecule has 0 spiro atoms. The summed E-state index contributed by atoms with van der Waals surface area (Å²) in [6.07, 6.45) is 1.11. The van der Waals surface area contributed by atoms with Crippen molar-refractivity contribution in [3.63, 3.8) is 0 Å². The summed E-state index contributed by atoms with van der Waals surface area (Å²) in [7, 11) is -3.63. The molecule has 0 aromatic heterocycles. The standard InChI is InChI=1S/C19H24N2O3S/c1-13-10-14(2)12-17(11-13)21(25(5,23)24)16(4)19(22)20-18-9-7-6-8-15(18)3/h6-12,16H,1-5H3,(H,20,22)/t16-/m0/s1. The molecule has 0 saturated heterocycles. The number of sulfonamides is 1. The second-order valence-electron chi connectivity index (χ2n) is 6.38. The van der Waals surface area contributed by atoms with Crippen molar-refractivity contribution in [2.75, 3.05) is 15.9 Å². The fourth-order valence-electron chi connectivity index (χ4n) is 2.84. The molecule has 2 aromatic carbocycles. The Morgan fingerprint density at radius 1 is 1.04 bits per heavy atom. The van der Waals surface area contributed by atoms with Gasteiger partial charge in [-0.25, -0.2) is 8.42 Å². The lowest BCUT2D eigenvalue weighted by atomic mass is 10.1. The Morgan fingerprint density at radius 3 is 2.12 bits per heavy atom. The van der Waals surface area contributed by atoms with E-state index in [4.69, 9.17) is 0 Å². The Hall–Kier alpha value is -2.34. The molecule has 0 heterocycles. The summed E-state index contributed by atoms with van der Waals surface area (Å²) < 4.78 is 25.9. The second-order valence-corrected chi connectivity index (χ2v) is 8.24. The number of benzene rings is 2. The maximum absolute atomic E-state index is 12.7. The SMILES string of the molecule is Cc1cc(C)cc(N([C@@H](C)C(=O)Nc2ccccc2C)S(C)(=O)=O)c1. The van der Waals surface area contributed by atoms with Gasteiger partial charge in [0.2, 0.25) is 15.9 Å². The lowest BCUT2D eigenvalue weighted by Gasteiger charge is -2.29. The molecule has 0 fully saturated rings. The first-order chi connectivity index (χ1) is 11.6. The van der Waals surface area contributed by atoms with E-state index < -0.39 is 16.1 Å². The van der Waals surface area contributed by atoms with Gasteiger partial charge >= 0.3 is 0 Å². The smallest absolute Gasteiger partial charge is 0.248 e. The minimum Gasteiger partial charge on any atom is -0.324 e. The number of amides is 1. The number of rotatable bonds is 5. The molecule has 0 bridgehead atoms. The Labute approximate surface area is 149 Å². The van der Waals surface area contributed by atoms with Crippen LogP contribution in [0.25, 0.3) is 0 Å². The Bertz CT molecular complexity index is 871. The predicted octanol–water partition coefficient (Wildman–Crippen LogP) is 3.41. The first-order valence-electron chi connectivity index (χ1n) is 8.04. The summed E-state index contributed by atoms with van der Waals surface area (Å²) in [5, 5.41) is 2.82. The first-order valence-corrected chi connectivity index (χ1v) is 9.88. The molecular formula is C19H24N2O3S. The van der Waals surface area contributed by atoms with Crippen molar-refractivity contribution in [1.29, 1.82) is 0 Å². The topological polar surface area (TPSA) is 66.5 Å². The largest absolute Gasteiger partial charge is 0.324 e. The molecule has 0 aliphatic carbocycles. The highest BCUT2D eigenvalue weighted by molar-refractivity contribution is 7.92. The van der Waals surface area contributed by atoms with Gasteiger partial charge in [0.25, 0.3) is 0 Å². The third kappa shape index (κ3) is 4.60. The monoisotopic (exact) mass is 360 g/mol. The van der Waals surface area contributed by atoms with Crippen molar-refractivity contribution >= 4 is 27.3 Å². The number of carbonyl (C=O) groups excluding carboxylic acids is 1. The van der Waals surface area contributed by atoms with E-state index in [9.17, 15) is 13.2 Å². The lowest BCUT2D eigenvalue weighted by molar-refractivity contribution is -0.116. The van der Waals surface area contributed by atoms with Gasteiger partial charge in [0.15, 0.2) is 0 Å². The van der Waals surface area contributed by atoms with Gasteiger partial charge in [-0.2, -0.15) is 0 Å². The van der Waals surface area contributed by atoms with Crippen LogP contribution in [-0.2, 0) is 14.8 Å². The summed E-state index contributed by atoms with van der Waals surface area (Å²) >= 11 is 0. The Kier molecular flexibility index (Phi) is 5.52. The number of carbonyl (C=O) groups is 1. The number of para-hydroxylation sites is 1. The molecule has 25 heavy (non-hydrogen) atoms. The van der Waals surface area contributed by atoms with Gasteiger partial charge in [0, 0.05) is 5.69 Å². The molecule has 0 unspecified atom stereocenters. The van der Waals surface area contributed by atoms with Crippen molar-refractivity contribution < 1.29 is 13.2 Å². The quantitative estimate of drug-likeness (QED) is 0.888. The van der Waals surface area contributed by atoms with E-state index in [1.54, 1.807) is 25.1 Å². The van der Waals surface area contributed by atoms with E-state index in [0.717, 1.165) is 22.9 Å². The average molecular weight is 360 g/mol. The van der Waals surface area contributed by atoms with Crippen LogP contribution >= 0.6 is 0 Å². The molecular weight excluding hydrogens is 336 g/mol. The van der Waals surface area contributed by atoms with E-state index in [1.165, 1.54) is 4.31 Å². The molecule has 134 valence electrons. The van der Waals surface area contributed by atoms with Crippen molar-refractivity contribution in [1.82, 2.24) is 0 Å². The van der Waals surface area contributed by atoms with Gasteiger partial charge < -0.3 is 5.32 Å². The number of nitrogens with zero attached hydrogens (tertiary/aromatic N) is 1. The Morgan fingerprint density at radius 2 is 1.60 bits per heavy atom. The molecule has 2 rings (SSSR count). The minimum atomic E-state index is -3.63. The van der Waals surface area contributed by atoms with Crippen LogP contribution in [0.4, 0.5) is 11.4 Å². The van der Waals surface area contributed by atoms with Gasteiger partial charge in [-0.15, -0.1) is 0 Å². The van der Waals surface area contributed by atoms with Crippen LogP contribution < -0.4 is 9.62 Å². The maximum atomic E-state index is 12.7. The summed E-state index contributed by atoms with van der Waals surface area (Å²) in [6.45, 7) is 7.27. The molecule has 2 aromatic rings. The number of aryl methyl sites for hydroxylation is 3. The molecule has 0 aliphatic heterocycles. The number of nitrogens with one attached hydrogen (secondary N) is 1. The highest BCUT2D eigenvalue weighted by atomic mass is 32.2. The van der Waals surface area contributed by atoms with Gasteiger partial charge in [0.1, 0.15) is 6.04 Å². The number of hydrogen-bond donors (Lipinski definition) is 1. The first kappa shape index (κ1) is 19.0. The average Bonchev–Trinajstić information content (AvgIpc) is 2.47. The molecule has 1 amide bonds. The van der Waals surface area contributed by atoms with Crippen LogP contribution in [0.15, 0.2) is 42.5 Å². The minimum absolute atomic E-state index is 0.376. The zero-order valence-corrected chi connectivity index (χ0v) is 16.0. The van der Waals surface area contributed by atoms with Crippen molar-refractivity contribution in [2.24, 2.45) is 0 Å². The maximum Gasteiger partial charge on any atom is 0.248 e. The van der Waals surface area contributed by atoms with Gasteiger partial charge in [-0.3, -0.25) is 9.10 Å². The summed E-state index contributed by atoms with van der Waals surface area (Å²) in [5.74, 6) is -0.376. The van der Waals surface area contributed by atoms with Gasteiger partial charge in [0.05, 0.1) is 11.9 Å². The summed E-state index contributed by atoms with van der Waals surface area (Å²) in [6, 6.07) is 12.0. The third-order valence-electron chi connectivity index (χ3n) is 3.95. The summed E-state index contributed by atoms with van der Waals surface area (Å²) in [4.78, 5) is 12.7. The van der Waals surface area contributed by atoms with E-state index in [0.29, 0.717) is 11.4 Å². The molecule has 0 aliphatic rings. The van der Waals surface area contributed by atoms with Crippen LogP contribution in [0.5, 0.6) is 0 Å². The molecule has 5 nitrogen and oxygen atoms in total. The lowest BCUT2D eigenvalue weighted by Crippen LogP contribution is -2.45. The van der Waals surface area contributed by atoms with Crippen molar-refractivity contribution in [3.8, 4) is 0 Å². The van der Waals surface area contributed by atoms with Crippen LogP contribution in [0, 0.1) is 20.8 Å². The highest BCUT2D eigenvalue weighted by Crippen LogP contribution is 2.24. The normalized spacial score (nSPS) is 12.5. The highest BCUT2D eigenvalue weighted by Gasteiger charge is 2.29. The fraction of sp³-hybridized carbons (Fsp3) is 0.316. The molecule has 1 N–H and O–H groups in total. The third-order valence-corrected chi connectivity index (χ3v) is 5.19. The molecule has 0 saturated carbocycles. The molecule has 0 radical (unpaired) electrons. The van der Waals surface area contributed by atoms with E-state index >= 15 is 0 Å². The second kappa shape index (κ2) is 7.27. The fourth-order valence-corrected chi connectivity index (χ4v) is 4.00. The van der Waals surface area contributed by atoms with Gasteiger partial charge in [-0.05, 0) is 62.6 Å². The van der Waals surface area contributed by atoms with Crippen LogP contribution in [-0.4, -0.2) is 26.6 Å². The number of hydrogen-bond acceptors (Lipinski definition) is 3. The summed E-state index contributed by atoms with van der Waals surface area (Å²) in [5.41, 5.74) is 3.96. The van der Waals surface area contributed by atoms with Crippen LogP contribution in [0.2, 0.25) is 0 Å². The zero-order valence-electron chi connectivity index (χ0n) is 15.2. The van der Waals surface area contributed by atoms with Crippen molar-refractivity contribution in [2.45, 2.75) is 33.7 Å². The van der Waals surface area contributed by atoms with E-state index in [2.05, 4.69) is 5.32 Å². The molecule has 6 heteroatoms. The van der Waals surface area contributed by atoms with Crippen LogP contribution in [0.1, 0.15) is 23.6 Å². The van der Waals surface area contributed by atoms with Gasteiger partial charge in [-0.1, -0.05) is 24.3 Å².